The van der Waals surface area contributed by atoms with Crippen LogP contribution in [0.15, 0.2) is 64.5 Å². The molecular weight excluding hydrogens is 626 g/mol. The van der Waals surface area contributed by atoms with Gasteiger partial charge in [0.15, 0.2) is 9.84 Å². The van der Waals surface area contributed by atoms with Crippen LogP contribution in [-0.4, -0.2) is 108 Å². The molecule has 3 aliphatic rings. The number of benzene rings is 2. The monoisotopic (exact) mass is 661 g/mol. The summed E-state index contributed by atoms with van der Waals surface area (Å²) in [5.74, 6) is -0.0935. The number of carboxylic acid groups (broad SMARTS) is 1. The number of rotatable bonds is 10. The lowest BCUT2D eigenvalue weighted by molar-refractivity contribution is -0.0319. The molecule has 0 radical (unpaired) electrons. The molecule has 2 atom stereocenters. The summed E-state index contributed by atoms with van der Waals surface area (Å²) in [6.07, 6.45) is 0.959. The SMILES string of the molecule is O=C(O)N(CC(O)COc1cccc(S(=O)(=O)C2CC2)c1)C1COC2(CCN(S(=O)(=O)c3cnc4ccccc4c3O)CC2)C1. The number of sulfone groups is 1. The van der Waals surface area contributed by atoms with Gasteiger partial charge in [0, 0.05) is 18.5 Å². The van der Waals surface area contributed by atoms with Gasteiger partial charge in [-0.05, 0) is 62.4 Å². The maximum absolute atomic E-state index is 13.4. The van der Waals surface area contributed by atoms with Gasteiger partial charge >= 0.3 is 6.09 Å². The number of piperidine rings is 1. The molecule has 1 spiro atoms. The van der Waals surface area contributed by atoms with Crippen LogP contribution in [0.25, 0.3) is 10.9 Å². The van der Waals surface area contributed by atoms with Crippen molar-refractivity contribution in [1.82, 2.24) is 14.2 Å². The largest absolute Gasteiger partial charge is 0.506 e. The molecule has 242 valence electrons. The molecular formula is C30H35N3O10S2. The number of carbonyl (C=O) groups is 1. The normalized spacial score (nSPS) is 21.1. The standard InChI is InChI=1S/C30H35N3O10S2/c34-21(19-42-22-4-3-5-24(14-22)44(38,39)23-8-9-23)17-33(29(36)37)20-15-30(43-18-20)10-12-32(13-11-30)45(40,41)27-16-31-26-7-2-1-6-25(26)28(27)35/h1-7,14,16,20-21,23,34H,8-13,15,17-19H2,(H,31,35)(H,36,37). The molecule has 2 aliphatic heterocycles. The van der Waals surface area contributed by atoms with Gasteiger partial charge in [-0.25, -0.2) is 21.6 Å². The van der Waals surface area contributed by atoms with Crippen LogP contribution in [0.1, 0.15) is 32.1 Å². The van der Waals surface area contributed by atoms with Crippen molar-refractivity contribution in [3.8, 4) is 11.5 Å². The van der Waals surface area contributed by atoms with Crippen molar-refractivity contribution in [3.05, 3.63) is 54.7 Å². The highest BCUT2D eigenvalue weighted by Crippen LogP contribution is 2.40. The highest BCUT2D eigenvalue weighted by Gasteiger charge is 2.47. The molecule has 0 bridgehead atoms. The van der Waals surface area contributed by atoms with Crippen LogP contribution >= 0.6 is 0 Å². The lowest BCUT2D eigenvalue weighted by Gasteiger charge is -2.38. The van der Waals surface area contributed by atoms with Gasteiger partial charge in [-0.3, -0.25) is 4.98 Å². The quantitative estimate of drug-likeness (QED) is 0.290. The number of fused-ring (bicyclic) bond motifs is 1. The number of ether oxygens (including phenoxy) is 2. The molecule has 3 N–H and O–H groups in total. The molecule has 2 unspecified atom stereocenters. The first-order chi connectivity index (χ1) is 21.4. The van der Waals surface area contributed by atoms with Crippen molar-refractivity contribution in [2.24, 2.45) is 0 Å². The molecule has 1 saturated carbocycles. The number of aliphatic hydroxyl groups is 1. The molecule has 13 nitrogen and oxygen atoms in total. The summed E-state index contributed by atoms with van der Waals surface area (Å²) < 4.78 is 64.9. The summed E-state index contributed by atoms with van der Waals surface area (Å²) >= 11 is 0. The molecule has 6 rings (SSSR count). The fraction of sp³-hybridized carbons (Fsp3) is 0.467. The first-order valence-corrected chi connectivity index (χ1v) is 17.7. The average molecular weight is 662 g/mol. The van der Waals surface area contributed by atoms with E-state index in [1.807, 2.05) is 0 Å². The third-order valence-corrected chi connectivity index (χ3v) is 12.9. The topological polar surface area (TPSA) is 184 Å². The van der Waals surface area contributed by atoms with Crippen LogP contribution in [0.5, 0.6) is 11.5 Å². The number of para-hydroxylation sites is 1. The van der Waals surface area contributed by atoms with Gasteiger partial charge in [-0.1, -0.05) is 18.2 Å². The minimum absolute atomic E-state index is 0.0864. The Morgan fingerprint density at radius 2 is 1.84 bits per heavy atom. The second kappa shape index (κ2) is 12.0. The Morgan fingerprint density at radius 3 is 2.56 bits per heavy atom. The predicted octanol–water partition coefficient (Wildman–Crippen LogP) is 2.61. The molecule has 1 aromatic heterocycles. The molecule has 2 aromatic carbocycles. The van der Waals surface area contributed by atoms with Crippen LogP contribution in [0.4, 0.5) is 4.79 Å². The van der Waals surface area contributed by atoms with E-state index in [1.165, 1.54) is 16.4 Å². The lowest BCUT2D eigenvalue weighted by atomic mass is 9.88. The van der Waals surface area contributed by atoms with Crippen molar-refractivity contribution in [2.45, 2.75) is 64.9 Å². The third kappa shape index (κ3) is 6.31. The van der Waals surface area contributed by atoms with Gasteiger partial charge in [-0.2, -0.15) is 4.31 Å². The summed E-state index contributed by atoms with van der Waals surface area (Å²) in [7, 11) is -7.46. The van der Waals surface area contributed by atoms with Gasteiger partial charge in [-0.15, -0.1) is 0 Å². The summed E-state index contributed by atoms with van der Waals surface area (Å²) in [6.45, 7) is -0.198. The molecule has 45 heavy (non-hydrogen) atoms. The van der Waals surface area contributed by atoms with Crippen LogP contribution in [0, 0.1) is 0 Å². The number of sulfonamides is 1. The Morgan fingerprint density at radius 1 is 1.11 bits per heavy atom. The fourth-order valence-corrected chi connectivity index (χ4v) is 9.28. The van der Waals surface area contributed by atoms with E-state index in [1.54, 1.807) is 36.4 Å². The van der Waals surface area contributed by atoms with Crippen molar-refractivity contribution in [2.75, 3.05) is 32.8 Å². The van der Waals surface area contributed by atoms with Crippen LogP contribution in [0.3, 0.4) is 0 Å². The number of amides is 1. The van der Waals surface area contributed by atoms with E-state index >= 15 is 0 Å². The number of nitrogens with zero attached hydrogens (tertiary/aromatic N) is 3. The Hall–Kier alpha value is -3.50. The molecule has 3 aromatic rings. The number of aliphatic hydroxyl groups excluding tert-OH is 1. The maximum atomic E-state index is 13.4. The first-order valence-electron chi connectivity index (χ1n) is 14.7. The van der Waals surface area contributed by atoms with E-state index in [2.05, 4.69) is 4.98 Å². The molecule has 3 fully saturated rings. The Kier molecular flexibility index (Phi) is 8.41. The summed E-state index contributed by atoms with van der Waals surface area (Å²) in [5.41, 5.74) is -0.256. The summed E-state index contributed by atoms with van der Waals surface area (Å²) in [4.78, 5) is 17.4. The van der Waals surface area contributed by atoms with Crippen molar-refractivity contribution in [3.63, 3.8) is 0 Å². The molecule has 15 heteroatoms. The van der Waals surface area contributed by atoms with Gasteiger partial charge in [0.05, 0.1) is 46.7 Å². The first kappa shape index (κ1) is 31.5. The minimum Gasteiger partial charge on any atom is -0.506 e. The van der Waals surface area contributed by atoms with E-state index in [-0.39, 0.29) is 59.4 Å². The zero-order valence-corrected chi connectivity index (χ0v) is 26.0. The second-order valence-corrected chi connectivity index (χ2v) is 16.0. The van der Waals surface area contributed by atoms with Crippen LogP contribution in [-0.2, 0) is 24.6 Å². The smallest absolute Gasteiger partial charge is 0.407 e. The van der Waals surface area contributed by atoms with Gasteiger partial charge in [0.1, 0.15) is 29.1 Å². The molecule has 3 heterocycles. The van der Waals surface area contributed by atoms with Crippen LogP contribution in [0.2, 0.25) is 0 Å². The summed E-state index contributed by atoms with van der Waals surface area (Å²) in [6, 6.07) is 12.2. The predicted molar refractivity (Wildman–Crippen MR) is 161 cm³/mol. The minimum atomic E-state index is -4.05. The highest BCUT2D eigenvalue weighted by molar-refractivity contribution is 7.92. The van der Waals surface area contributed by atoms with E-state index in [9.17, 15) is 36.9 Å². The molecule has 1 aliphatic carbocycles. The van der Waals surface area contributed by atoms with Gasteiger partial charge in [0.2, 0.25) is 10.0 Å². The molecule has 2 saturated heterocycles. The number of aromatic nitrogens is 1. The van der Waals surface area contributed by atoms with Crippen molar-refractivity contribution in [1.29, 1.82) is 0 Å². The second-order valence-electron chi connectivity index (χ2n) is 11.9. The van der Waals surface area contributed by atoms with Crippen molar-refractivity contribution >= 4 is 36.9 Å². The van der Waals surface area contributed by atoms with E-state index in [0.29, 0.717) is 43.0 Å². The highest BCUT2D eigenvalue weighted by atomic mass is 32.2. The maximum Gasteiger partial charge on any atom is 0.407 e. The number of aromatic hydroxyl groups is 1. The average Bonchev–Trinajstić information content (AvgIpc) is 3.82. The zero-order chi connectivity index (χ0) is 32.0. The lowest BCUT2D eigenvalue weighted by Crippen LogP contribution is -2.48. The molecule has 1 amide bonds. The number of hydrogen-bond donors (Lipinski definition) is 3. The Balaban J connectivity index is 1.05. The Labute approximate surface area is 261 Å². The van der Waals surface area contributed by atoms with Gasteiger partial charge in [0.25, 0.3) is 0 Å². The third-order valence-electron chi connectivity index (χ3n) is 8.79. The van der Waals surface area contributed by atoms with Crippen LogP contribution < -0.4 is 4.74 Å². The summed E-state index contributed by atoms with van der Waals surface area (Å²) in [5, 5.41) is 31.3. The zero-order valence-electron chi connectivity index (χ0n) is 24.4. The number of pyridine rings is 1. The van der Waals surface area contributed by atoms with E-state index in [4.69, 9.17) is 9.47 Å². The van der Waals surface area contributed by atoms with Gasteiger partial charge < -0.3 is 29.7 Å². The fourth-order valence-electron chi connectivity index (χ4n) is 6.11. The van der Waals surface area contributed by atoms with E-state index < -0.39 is 43.7 Å². The Bertz CT molecular complexity index is 1810. The van der Waals surface area contributed by atoms with Crippen molar-refractivity contribution < 1.29 is 46.4 Å². The van der Waals surface area contributed by atoms with E-state index in [0.717, 1.165) is 11.1 Å². The number of hydrogen-bond acceptors (Lipinski definition) is 10.